The Labute approximate surface area is 430 Å². The monoisotopic (exact) mass is 971 g/mol. The van der Waals surface area contributed by atoms with Crippen molar-refractivity contribution in [1.29, 1.82) is 0 Å². The fraction of sp³-hybridized carbons (Fsp3) is 0.889. The van der Waals surface area contributed by atoms with Gasteiger partial charge in [0.15, 0.2) is 6.10 Å². The van der Waals surface area contributed by atoms with Gasteiger partial charge in [-0.05, 0) is 51.4 Å². The van der Waals surface area contributed by atoms with Crippen LogP contribution < -0.4 is 0 Å². The number of carbonyl (C=O) groups excluding carboxylic acids is 3. The maximum Gasteiger partial charge on any atom is 0.306 e. The number of rotatable bonds is 57. The second-order valence-corrected chi connectivity index (χ2v) is 21.0. The van der Waals surface area contributed by atoms with E-state index in [1.165, 1.54) is 238 Å². The van der Waals surface area contributed by atoms with Gasteiger partial charge in [0, 0.05) is 19.3 Å². The summed E-state index contributed by atoms with van der Waals surface area (Å²) in [7, 11) is 0. The number of ether oxygens (including phenoxy) is 3. The van der Waals surface area contributed by atoms with E-state index in [1.807, 2.05) is 0 Å². The van der Waals surface area contributed by atoms with Gasteiger partial charge in [0.25, 0.3) is 0 Å². The van der Waals surface area contributed by atoms with Crippen molar-refractivity contribution >= 4 is 17.9 Å². The molecule has 0 amide bonds. The van der Waals surface area contributed by atoms with Crippen LogP contribution in [0.25, 0.3) is 0 Å². The highest BCUT2D eigenvalue weighted by Crippen LogP contribution is 2.17. The highest BCUT2D eigenvalue weighted by atomic mass is 16.6. The molecule has 0 aromatic rings. The summed E-state index contributed by atoms with van der Waals surface area (Å²) < 4.78 is 16.9. The Balaban J connectivity index is 4.23. The van der Waals surface area contributed by atoms with E-state index in [0.717, 1.165) is 64.2 Å². The van der Waals surface area contributed by atoms with Crippen molar-refractivity contribution in [1.82, 2.24) is 0 Å². The molecule has 1 unspecified atom stereocenters. The summed E-state index contributed by atoms with van der Waals surface area (Å²) in [5, 5.41) is 0. The molecular formula is C63H118O6. The van der Waals surface area contributed by atoms with Gasteiger partial charge in [-0.2, -0.15) is 0 Å². The molecule has 6 nitrogen and oxygen atoms in total. The van der Waals surface area contributed by atoms with Gasteiger partial charge in [0.1, 0.15) is 13.2 Å². The fourth-order valence-corrected chi connectivity index (χ4v) is 9.30. The van der Waals surface area contributed by atoms with Crippen LogP contribution in [0.1, 0.15) is 342 Å². The van der Waals surface area contributed by atoms with E-state index in [1.54, 1.807) is 0 Å². The lowest BCUT2D eigenvalue weighted by molar-refractivity contribution is -0.167. The summed E-state index contributed by atoms with van der Waals surface area (Å²) in [6.45, 7) is 6.67. The van der Waals surface area contributed by atoms with Crippen molar-refractivity contribution < 1.29 is 28.6 Å². The molecule has 0 spiro atoms. The van der Waals surface area contributed by atoms with Crippen LogP contribution in [0.4, 0.5) is 0 Å². The first-order valence-corrected chi connectivity index (χ1v) is 30.8. The minimum absolute atomic E-state index is 0.0669. The van der Waals surface area contributed by atoms with Crippen molar-refractivity contribution in [2.24, 2.45) is 0 Å². The van der Waals surface area contributed by atoms with Gasteiger partial charge in [0.05, 0.1) is 0 Å². The molecule has 406 valence electrons. The first-order valence-electron chi connectivity index (χ1n) is 30.8. The van der Waals surface area contributed by atoms with Crippen LogP contribution in [0.3, 0.4) is 0 Å². The minimum atomic E-state index is -0.767. The number of allylic oxidation sites excluding steroid dienone is 4. The van der Waals surface area contributed by atoms with E-state index in [4.69, 9.17) is 14.2 Å². The molecule has 0 aromatic heterocycles. The first-order chi connectivity index (χ1) is 34.0. The molecule has 0 aliphatic rings. The van der Waals surface area contributed by atoms with Crippen LogP contribution in [0.15, 0.2) is 24.3 Å². The van der Waals surface area contributed by atoms with E-state index in [2.05, 4.69) is 45.1 Å². The summed E-state index contributed by atoms with van der Waals surface area (Å²) in [6.07, 6.45) is 69.0. The van der Waals surface area contributed by atoms with Gasteiger partial charge in [-0.3, -0.25) is 14.4 Å². The van der Waals surface area contributed by atoms with Crippen molar-refractivity contribution in [3.05, 3.63) is 24.3 Å². The Kier molecular flexibility index (Phi) is 56.7. The fourth-order valence-electron chi connectivity index (χ4n) is 9.30. The van der Waals surface area contributed by atoms with Gasteiger partial charge in [-0.25, -0.2) is 0 Å². The van der Waals surface area contributed by atoms with Gasteiger partial charge >= 0.3 is 17.9 Å². The van der Waals surface area contributed by atoms with Crippen molar-refractivity contribution in [2.45, 2.75) is 348 Å². The minimum Gasteiger partial charge on any atom is -0.462 e. The lowest BCUT2D eigenvalue weighted by Crippen LogP contribution is -2.30. The smallest absolute Gasteiger partial charge is 0.306 e. The predicted octanol–water partition coefficient (Wildman–Crippen LogP) is 20.7. The quantitative estimate of drug-likeness (QED) is 0.0261. The molecule has 0 fully saturated rings. The predicted molar refractivity (Wildman–Crippen MR) is 298 cm³/mol. The van der Waals surface area contributed by atoms with Gasteiger partial charge in [-0.15, -0.1) is 0 Å². The lowest BCUT2D eigenvalue weighted by atomic mass is 10.0. The van der Waals surface area contributed by atoms with Gasteiger partial charge in [0.2, 0.25) is 0 Å². The molecule has 0 rings (SSSR count). The summed E-state index contributed by atoms with van der Waals surface area (Å²) >= 11 is 0. The Morgan fingerprint density at radius 2 is 0.522 bits per heavy atom. The van der Waals surface area contributed by atoms with Crippen LogP contribution in [0.5, 0.6) is 0 Å². The third-order valence-electron chi connectivity index (χ3n) is 14.0. The number of carbonyl (C=O) groups is 3. The molecule has 69 heavy (non-hydrogen) atoms. The highest BCUT2D eigenvalue weighted by Gasteiger charge is 2.19. The molecule has 0 N–H and O–H groups in total. The molecule has 0 radical (unpaired) electrons. The molecule has 6 heteroatoms. The normalized spacial score (nSPS) is 12.1. The maximum absolute atomic E-state index is 12.9. The summed E-state index contributed by atoms with van der Waals surface area (Å²) in [6, 6.07) is 0. The Bertz CT molecular complexity index is 1110. The molecule has 0 aliphatic carbocycles. The molecule has 1 atom stereocenters. The SMILES string of the molecule is CCCCCCC/C=C\C/C=C\CCCCCCCCCCCC(=O)OCC(COC(=O)CCCCCCCCCCCC)OC(=O)CCCCCCCCCCCCCCCCCCCCCC. The molecule has 0 bridgehead atoms. The third kappa shape index (κ3) is 56.7. The molecule has 0 heterocycles. The average molecular weight is 972 g/mol. The van der Waals surface area contributed by atoms with Gasteiger partial charge < -0.3 is 14.2 Å². The van der Waals surface area contributed by atoms with E-state index in [9.17, 15) is 14.4 Å². The summed E-state index contributed by atoms with van der Waals surface area (Å²) in [5.41, 5.74) is 0. The molecule has 0 aromatic carbocycles. The average Bonchev–Trinajstić information content (AvgIpc) is 3.35. The highest BCUT2D eigenvalue weighted by molar-refractivity contribution is 5.71. The van der Waals surface area contributed by atoms with Crippen LogP contribution in [0, 0.1) is 0 Å². The van der Waals surface area contributed by atoms with Crippen LogP contribution in [-0.4, -0.2) is 37.2 Å². The van der Waals surface area contributed by atoms with E-state index in [-0.39, 0.29) is 31.1 Å². The molecular weight excluding hydrogens is 853 g/mol. The van der Waals surface area contributed by atoms with Crippen molar-refractivity contribution in [2.75, 3.05) is 13.2 Å². The van der Waals surface area contributed by atoms with E-state index < -0.39 is 6.10 Å². The lowest BCUT2D eigenvalue weighted by Gasteiger charge is -2.18. The third-order valence-corrected chi connectivity index (χ3v) is 14.0. The van der Waals surface area contributed by atoms with E-state index in [0.29, 0.717) is 19.3 Å². The largest absolute Gasteiger partial charge is 0.462 e. The van der Waals surface area contributed by atoms with Crippen LogP contribution in [-0.2, 0) is 28.6 Å². The number of unbranched alkanes of at least 4 members (excludes halogenated alkanes) is 42. The summed E-state index contributed by atoms with van der Waals surface area (Å²) in [5.74, 6) is -0.849. The van der Waals surface area contributed by atoms with Crippen LogP contribution in [0.2, 0.25) is 0 Å². The standard InChI is InChI=1S/C63H118O6/c1-4-7-10-13-16-19-22-24-26-28-30-32-34-35-37-39-41-44-47-50-53-56-62(65)68-59-60(58-67-61(64)55-52-49-46-43-21-18-15-12-9-6-3)69-63(66)57-54-51-48-45-42-40-38-36-33-31-29-27-25-23-20-17-14-11-8-5-2/h22,24,28,30,60H,4-21,23,25-27,29,31-59H2,1-3H3/b24-22-,30-28-. The second-order valence-electron chi connectivity index (χ2n) is 21.0. The van der Waals surface area contributed by atoms with Gasteiger partial charge in [-0.1, -0.05) is 295 Å². The number of hydrogen-bond donors (Lipinski definition) is 0. The second kappa shape index (κ2) is 58.5. The topological polar surface area (TPSA) is 78.9 Å². The van der Waals surface area contributed by atoms with Crippen molar-refractivity contribution in [3.8, 4) is 0 Å². The van der Waals surface area contributed by atoms with Crippen molar-refractivity contribution in [3.63, 3.8) is 0 Å². The number of hydrogen-bond acceptors (Lipinski definition) is 6. The summed E-state index contributed by atoms with van der Waals surface area (Å²) in [4.78, 5) is 38.2. The van der Waals surface area contributed by atoms with E-state index >= 15 is 0 Å². The first kappa shape index (κ1) is 66.9. The zero-order chi connectivity index (χ0) is 50.0. The Morgan fingerprint density at radius 3 is 0.797 bits per heavy atom. The Hall–Kier alpha value is -2.11. The maximum atomic E-state index is 12.9. The number of esters is 3. The van der Waals surface area contributed by atoms with Crippen LogP contribution >= 0.6 is 0 Å². The Morgan fingerprint density at radius 1 is 0.290 bits per heavy atom. The molecule has 0 saturated heterocycles. The molecule has 0 saturated carbocycles. The zero-order valence-electron chi connectivity index (χ0n) is 46.6. The zero-order valence-corrected chi connectivity index (χ0v) is 46.6. The molecule has 0 aliphatic heterocycles.